The topological polar surface area (TPSA) is 175 Å². The fraction of sp³-hybridized carbons (Fsp3) is 0.429. The van der Waals surface area contributed by atoms with Crippen LogP contribution in [0, 0.1) is 35.5 Å². The summed E-state index contributed by atoms with van der Waals surface area (Å²) >= 11 is 0. The standard InChI is InChI=1S/C42H48N8O6/c1-25(2)35(47-41(53)55-5)39(51)49-19-7-9-33(49)37-43-23-31(45-37)17-13-27-11-15-30-22-28(12-16-29(30)21-27)14-18-32-24-44-38(46-32)34-10-8-20-50(34)40(52)36(26(3)4)48-42(54)56-6/h11-12,15-16,21-26,33-36H,7-10,19-20H2,1-6H3,(H,43,45)(H,44,46)(H,47,53)(H,48,54)/t33-,34?,35-,36-/m0/s1. The van der Waals surface area contributed by atoms with Crippen LogP contribution in [-0.2, 0) is 19.1 Å². The highest BCUT2D eigenvalue weighted by Crippen LogP contribution is 2.33. The molecule has 2 fully saturated rings. The molecule has 4 N–H and O–H groups in total. The number of aromatic amines is 2. The molecule has 1 unspecified atom stereocenters. The summed E-state index contributed by atoms with van der Waals surface area (Å²) in [6.07, 6.45) is 5.27. The number of benzene rings is 2. The number of fused-ring (bicyclic) bond motifs is 1. The van der Waals surface area contributed by atoms with E-state index in [-0.39, 0.29) is 35.7 Å². The van der Waals surface area contributed by atoms with Gasteiger partial charge >= 0.3 is 12.2 Å². The van der Waals surface area contributed by atoms with Crippen molar-refractivity contribution in [1.82, 2.24) is 40.4 Å². The Labute approximate surface area is 326 Å². The van der Waals surface area contributed by atoms with Crippen LogP contribution in [0.25, 0.3) is 10.8 Å². The van der Waals surface area contributed by atoms with Crippen molar-refractivity contribution in [2.24, 2.45) is 11.8 Å². The molecule has 0 spiro atoms. The molecule has 4 aromatic rings. The predicted octanol–water partition coefficient (Wildman–Crippen LogP) is 5.17. The maximum atomic E-state index is 13.5. The molecule has 292 valence electrons. The summed E-state index contributed by atoms with van der Waals surface area (Å²) < 4.78 is 9.47. The lowest BCUT2D eigenvalue weighted by molar-refractivity contribution is -0.136. The Bertz CT molecular complexity index is 2060. The molecule has 0 bridgehead atoms. The Hall–Kier alpha value is -6.28. The Morgan fingerprint density at radius 1 is 0.679 bits per heavy atom. The van der Waals surface area contributed by atoms with Crippen molar-refractivity contribution in [2.45, 2.75) is 77.5 Å². The number of ether oxygens (including phenoxy) is 2. The molecule has 4 atom stereocenters. The van der Waals surface area contributed by atoms with Crippen LogP contribution in [0.3, 0.4) is 0 Å². The summed E-state index contributed by atoms with van der Waals surface area (Å²) in [5.74, 6) is 13.6. The molecule has 2 aromatic heterocycles. The second kappa shape index (κ2) is 17.5. The quantitative estimate of drug-likeness (QED) is 0.178. The van der Waals surface area contributed by atoms with Crippen LogP contribution in [0.1, 0.15) is 99.6 Å². The molecule has 0 aliphatic carbocycles. The largest absolute Gasteiger partial charge is 0.453 e. The van der Waals surface area contributed by atoms with Gasteiger partial charge in [-0.15, -0.1) is 0 Å². The highest BCUT2D eigenvalue weighted by molar-refractivity contribution is 5.87. The number of hydrogen-bond donors (Lipinski definition) is 4. The van der Waals surface area contributed by atoms with Gasteiger partial charge in [0.25, 0.3) is 0 Å². The normalized spacial score (nSPS) is 17.5. The van der Waals surface area contributed by atoms with Gasteiger partial charge in [-0.05, 0) is 84.4 Å². The molecule has 4 heterocycles. The van der Waals surface area contributed by atoms with Crippen molar-refractivity contribution in [3.8, 4) is 23.7 Å². The van der Waals surface area contributed by atoms with E-state index in [1.165, 1.54) is 14.2 Å². The number of nitrogens with zero attached hydrogens (tertiary/aromatic N) is 4. The van der Waals surface area contributed by atoms with Gasteiger partial charge in [-0.2, -0.15) is 0 Å². The number of nitrogens with one attached hydrogen (secondary N) is 4. The van der Waals surface area contributed by atoms with Gasteiger partial charge in [0.15, 0.2) is 0 Å². The van der Waals surface area contributed by atoms with E-state index in [1.54, 1.807) is 22.2 Å². The van der Waals surface area contributed by atoms with E-state index in [1.807, 2.05) is 64.1 Å². The van der Waals surface area contributed by atoms with Gasteiger partial charge in [0, 0.05) is 24.2 Å². The monoisotopic (exact) mass is 760 g/mol. The molecule has 0 radical (unpaired) electrons. The molecule has 2 aromatic carbocycles. The molecule has 2 aliphatic rings. The Morgan fingerprint density at radius 3 is 1.46 bits per heavy atom. The van der Waals surface area contributed by atoms with Gasteiger partial charge in [-0.25, -0.2) is 19.6 Å². The second-order valence-corrected chi connectivity index (χ2v) is 14.7. The van der Waals surface area contributed by atoms with E-state index >= 15 is 0 Å². The first kappa shape index (κ1) is 39.4. The number of alkyl carbamates (subject to hydrolysis) is 2. The van der Waals surface area contributed by atoms with Gasteiger partial charge in [-0.3, -0.25) is 9.59 Å². The second-order valence-electron chi connectivity index (χ2n) is 14.7. The van der Waals surface area contributed by atoms with E-state index in [0.717, 1.165) is 47.6 Å². The van der Waals surface area contributed by atoms with Crippen molar-refractivity contribution in [3.63, 3.8) is 0 Å². The van der Waals surface area contributed by atoms with Crippen molar-refractivity contribution >= 4 is 34.8 Å². The molecule has 56 heavy (non-hydrogen) atoms. The predicted molar refractivity (Wildman–Crippen MR) is 209 cm³/mol. The summed E-state index contributed by atoms with van der Waals surface area (Å²) in [6, 6.07) is 10.1. The van der Waals surface area contributed by atoms with E-state index in [9.17, 15) is 19.2 Å². The number of methoxy groups -OCH3 is 2. The lowest BCUT2D eigenvalue weighted by Gasteiger charge is -2.29. The van der Waals surface area contributed by atoms with Crippen LogP contribution in [0.15, 0.2) is 48.8 Å². The molecule has 6 rings (SSSR count). The SMILES string of the molecule is COC(=O)N[C@H](C(=O)N1CCCC1c1ncc(C#Cc2ccc3cc(C#Cc4cnc([C@@H]5CCCN5C(=O)[C@@H](NC(=O)OC)C(C)C)[nH]4)ccc3c2)[nH]1)C(C)C. The highest BCUT2D eigenvalue weighted by Gasteiger charge is 2.38. The number of likely N-dealkylation sites (tertiary alicyclic amines) is 2. The van der Waals surface area contributed by atoms with Gasteiger partial charge in [0.05, 0.1) is 38.7 Å². The van der Waals surface area contributed by atoms with Crippen molar-refractivity contribution in [3.05, 3.63) is 83.0 Å². The van der Waals surface area contributed by atoms with Gasteiger partial charge < -0.3 is 39.9 Å². The molecule has 2 saturated heterocycles. The Morgan fingerprint density at radius 2 is 1.09 bits per heavy atom. The third-order valence-electron chi connectivity index (χ3n) is 10.2. The van der Waals surface area contributed by atoms with Crippen LogP contribution in [0.5, 0.6) is 0 Å². The maximum absolute atomic E-state index is 13.5. The lowest BCUT2D eigenvalue weighted by Crippen LogP contribution is -2.51. The number of hydrogen-bond acceptors (Lipinski definition) is 8. The number of rotatable bonds is 8. The molecule has 14 nitrogen and oxygen atoms in total. The summed E-state index contributed by atoms with van der Waals surface area (Å²) in [5.41, 5.74) is 2.96. The Balaban J connectivity index is 1.10. The van der Waals surface area contributed by atoms with Gasteiger partial charge in [0.1, 0.15) is 35.1 Å². The first-order chi connectivity index (χ1) is 26.9. The number of carbonyl (C=O) groups is 4. The zero-order valence-electron chi connectivity index (χ0n) is 32.6. The van der Waals surface area contributed by atoms with E-state index < -0.39 is 24.3 Å². The summed E-state index contributed by atoms with van der Waals surface area (Å²) in [5, 5.41) is 7.38. The van der Waals surface area contributed by atoms with E-state index in [0.29, 0.717) is 36.1 Å². The fourth-order valence-corrected chi connectivity index (χ4v) is 7.20. The summed E-state index contributed by atoms with van der Waals surface area (Å²) in [4.78, 5) is 70.0. The molecule has 14 heteroatoms. The first-order valence-corrected chi connectivity index (χ1v) is 18.9. The van der Waals surface area contributed by atoms with Gasteiger partial charge in [-0.1, -0.05) is 51.7 Å². The van der Waals surface area contributed by atoms with Crippen LogP contribution in [0.4, 0.5) is 9.59 Å². The summed E-state index contributed by atoms with van der Waals surface area (Å²) in [6.45, 7) is 8.70. The Kier molecular flexibility index (Phi) is 12.3. The fourth-order valence-electron chi connectivity index (χ4n) is 7.20. The van der Waals surface area contributed by atoms with Crippen LogP contribution >= 0.6 is 0 Å². The molecule has 0 saturated carbocycles. The molecular weight excluding hydrogens is 713 g/mol. The number of carbonyl (C=O) groups excluding carboxylic acids is 4. The first-order valence-electron chi connectivity index (χ1n) is 18.9. The van der Waals surface area contributed by atoms with Crippen LogP contribution in [0.2, 0.25) is 0 Å². The van der Waals surface area contributed by atoms with Crippen LogP contribution in [-0.4, -0.2) is 93.1 Å². The lowest BCUT2D eigenvalue weighted by atomic mass is 10.0. The minimum absolute atomic E-state index is 0.114. The third kappa shape index (κ3) is 8.98. The number of aromatic nitrogens is 4. The minimum atomic E-state index is -0.700. The van der Waals surface area contributed by atoms with E-state index in [4.69, 9.17) is 9.47 Å². The number of imidazole rings is 2. The molecule has 4 amide bonds. The van der Waals surface area contributed by atoms with Crippen LogP contribution < -0.4 is 10.6 Å². The zero-order chi connectivity index (χ0) is 39.9. The average Bonchev–Trinajstić information content (AvgIpc) is 4.03. The van der Waals surface area contributed by atoms with Crippen molar-refractivity contribution in [2.75, 3.05) is 27.3 Å². The number of H-pyrrole nitrogens is 2. The zero-order valence-corrected chi connectivity index (χ0v) is 32.6. The van der Waals surface area contributed by atoms with Crippen molar-refractivity contribution in [1.29, 1.82) is 0 Å². The number of amides is 4. The van der Waals surface area contributed by atoms with E-state index in [2.05, 4.69) is 54.3 Å². The summed E-state index contributed by atoms with van der Waals surface area (Å²) in [7, 11) is 2.56. The maximum Gasteiger partial charge on any atom is 0.407 e. The highest BCUT2D eigenvalue weighted by atomic mass is 16.5. The molecule has 2 aliphatic heterocycles. The molecular formula is C42H48N8O6. The third-order valence-corrected chi connectivity index (χ3v) is 10.2. The van der Waals surface area contributed by atoms with Crippen molar-refractivity contribution < 1.29 is 28.7 Å². The smallest absolute Gasteiger partial charge is 0.407 e. The minimum Gasteiger partial charge on any atom is -0.453 e. The average molecular weight is 761 g/mol. The van der Waals surface area contributed by atoms with Gasteiger partial charge in [0.2, 0.25) is 11.8 Å².